The monoisotopic (exact) mass is 261 g/mol. The molecular weight excluding hydrogens is 240 g/mol. The van der Waals surface area contributed by atoms with Gasteiger partial charge >= 0.3 is 5.92 Å². The van der Waals surface area contributed by atoms with Gasteiger partial charge in [0, 0.05) is 6.92 Å². The van der Waals surface area contributed by atoms with Crippen molar-refractivity contribution in [1.29, 1.82) is 0 Å². The van der Waals surface area contributed by atoms with E-state index in [-0.39, 0.29) is 12.8 Å². The summed E-state index contributed by atoms with van der Waals surface area (Å²) in [7, 11) is 0. The number of carbonyl (C=O) groups excluding carboxylic acids is 1. The number of nitrogens with zero attached hydrogens (tertiary/aromatic N) is 1. The largest absolute Gasteiger partial charge is 0.332 e. The first-order valence-electron chi connectivity index (χ1n) is 6.11. The summed E-state index contributed by atoms with van der Waals surface area (Å²) in [6.07, 6.45) is 0.615. The van der Waals surface area contributed by atoms with Crippen LogP contribution in [0.25, 0.3) is 0 Å². The highest BCUT2D eigenvalue weighted by Crippen LogP contribution is 2.56. The van der Waals surface area contributed by atoms with Crippen LogP contribution in [-0.2, 0) is 4.79 Å². The van der Waals surface area contributed by atoms with Crippen LogP contribution in [0.15, 0.2) is 5.18 Å². The summed E-state index contributed by atoms with van der Waals surface area (Å²) >= 11 is 0. The van der Waals surface area contributed by atoms with Crippen molar-refractivity contribution < 1.29 is 13.6 Å². The lowest BCUT2D eigenvalue weighted by Gasteiger charge is -2.50. The summed E-state index contributed by atoms with van der Waals surface area (Å²) in [4.78, 5) is 22.3. The molecule has 1 saturated carbocycles. The van der Waals surface area contributed by atoms with Crippen molar-refractivity contribution in [3.05, 3.63) is 4.91 Å². The number of rotatable bonds is 3. The quantitative estimate of drug-likeness (QED) is 0.722. The van der Waals surface area contributed by atoms with Gasteiger partial charge in [-0.25, -0.2) is 0 Å². The minimum Gasteiger partial charge on any atom is -0.293 e. The van der Waals surface area contributed by atoms with Crippen molar-refractivity contribution in [3.63, 3.8) is 0 Å². The Morgan fingerprint density at radius 3 is 1.72 bits per heavy atom. The van der Waals surface area contributed by atoms with Crippen LogP contribution in [0.1, 0.15) is 53.9 Å². The second-order valence-electron chi connectivity index (χ2n) is 7.11. The maximum absolute atomic E-state index is 14.1. The van der Waals surface area contributed by atoms with Crippen LogP contribution in [0.3, 0.4) is 0 Å². The zero-order valence-corrected chi connectivity index (χ0v) is 11.6. The molecule has 0 aromatic carbocycles. The van der Waals surface area contributed by atoms with Crippen molar-refractivity contribution >= 4 is 5.78 Å². The lowest BCUT2D eigenvalue weighted by Crippen LogP contribution is -2.58. The Bertz CT molecular complexity index is 359. The molecular formula is C13H21F2NO2. The number of carbonyl (C=O) groups is 1. The van der Waals surface area contributed by atoms with Crippen molar-refractivity contribution in [2.24, 2.45) is 16.0 Å². The topological polar surface area (TPSA) is 46.5 Å². The van der Waals surface area contributed by atoms with E-state index >= 15 is 0 Å². The molecule has 0 aliphatic heterocycles. The second-order valence-corrected chi connectivity index (χ2v) is 7.11. The summed E-state index contributed by atoms with van der Waals surface area (Å²) < 4.78 is 28.3. The van der Waals surface area contributed by atoms with E-state index in [2.05, 4.69) is 5.18 Å². The van der Waals surface area contributed by atoms with Gasteiger partial charge in [0.05, 0.1) is 0 Å². The molecule has 0 N–H and O–H groups in total. The molecule has 0 saturated heterocycles. The molecule has 0 heterocycles. The summed E-state index contributed by atoms with van der Waals surface area (Å²) in [6, 6.07) is 0. The molecule has 18 heavy (non-hydrogen) atoms. The maximum atomic E-state index is 14.1. The van der Waals surface area contributed by atoms with Crippen molar-refractivity contribution in [2.45, 2.75) is 65.3 Å². The SMILES string of the molecule is CC(=O)C(F)(F)C1(N=O)CC(C)(C)CC(C)(C)C1. The highest BCUT2D eigenvalue weighted by atomic mass is 19.3. The Labute approximate surface area is 106 Å². The van der Waals surface area contributed by atoms with Crippen LogP contribution in [0.4, 0.5) is 8.78 Å². The van der Waals surface area contributed by atoms with E-state index < -0.39 is 28.1 Å². The number of Topliss-reactive ketones (excluding diaryl/α,β-unsaturated/α-hetero) is 1. The molecule has 0 spiro atoms. The molecule has 5 heteroatoms. The van der Waals surface area contributed by atoms with Gasteiger partial charge in [0.2, 0.25) is 5.78 Å². The fourth-order valence-corrected chi connectivity index (χ4v) is 3.74. The van der Waals surface area contributed by atoms with Crippen LogP contribution in [0.5, 0.6) is 0 Å². The standard InChI is InChI=1S/C13H21F2NO2/c1-9(17)13(14,15)12(16-18)7-10(2,3)6-11(4,5)8-12/h6-8H2,1-5H3. The minimum atomic E-state index is -3.69. The van der Waals surface area contributed by atoms with Crippen LogP contribution in [0, 0.1) is 15.7 Å². The first-order chi connectivity index (χ1) is 7.88. The molecule has 0 aromatic rings. The number of hydrogen-bond acceptors (Lipinski definition) is 3. The van der Waals surface area contributed by atoms with E-state index in [1.165, 1.54) is 0 Å². The molecule has 0 atom stereocenters. The van der Waals surface area contributed by atoms with E-state index in [9.17, 15) is 18.5 Å². The van der Waals surface area contributed by atoms with Gasteiger partial charge in [-0.2, -0.15) is 8.78 Å². The van der Waals surface area contributed by atoms with Gasteiger partial charge in [-0.1, -0.05) is 32.9 Å². The zero-order chi connectivity index (χ0) is 14.4. The summed E-state index contributed by atoms with van der Waals surface area (Å²) in [6.45, 7) is 8.17. The summed E-state index contributed by atoms with van der Waals surface area (Å²) in [5, 5.41) is 2.74. The smallest absolute Gasteiger partial charge is 0.293 e. The Morgan fingerprint density at radius 1 is 1.06 bits per heavy atom. The average Bonchev–Trinajstić information content (AvgIpc) is 2.11. The van der Waals surface area contributed by atoms with E-state index in [1.54, 1.807) is 0 Å². The lowest BCUT2D eigenvalue weighted by atomic mass is 9.56. The molecule has 0 unspecified atom stereocenters. The lowest BCUT2D eigenvalue weighted by molar-refractivity contribution is -0.163. The molecule has 0 amide bonds. The number of halogens is 2. The summed E-state index contributed by atoms with van der Waals surface area (Å²) in [5.74, 6) is -4.97. The Hall–Kier alpha value is -0.870. The highest BCUT2D eigenvalue weighted by molar-refractivity contribution is 5.85. The van der Waals surface area contributed by atoms with Gasteiger partial charge in [-0.15, -0.1) is 4.91 Å². The second kappa shape index (κ2) is 4.07. The molecule has 104 valence electrons. The van der Waals surface area contributed by atoms with Crippen molar-refractivity contribution in [1.82, 2.24) is 0 Å². The minimum absolute atomic E-state index is 0.0560. The maximum Gasteiger partial charge on any atom is 0.332 e. The third kappa shape index (κ3) is 2.45. The highest BCUT2D eigenvalue weighted by Gasteiger charge is 2.64. The van der Waals surface area contributed by atoms with Gasteiger partial charge in [-0.05, 0) is 30.1 Å². The Kier molecular flexibility index (Phi) is 3.43. The third-order valence-electron chi connectivity index (χ3n) is 3.70. The number of nitroso groups, excluding NO2 is 1. The predicted octanol–water partition coefficient (Wildman–Crippen LogP) is 3.95. The third-order valence-corrected chi connectivity index (χ3v) is 3.70. The summed E-state index contributed by atoms with van der Waals surface area (Å²) in [5.41, 5.74) is -2.98. The average molecular weight is 261 g/mol. The first kappa shape index (κ1) is 15.2. The van der Waals surface area contributed by atoms with Crippen LogP contribution in [0.2, 0.25) is 0 Å². The molecule has 1 fully saturated rings. The first-order valence-corrected chi connectivity index (χ1v) is 6.11. The fraction of sp³-hybridized carbons (Fsp3) is 0.923. The van der Waals surface area contributed by atoms with Gasteiger partial charge in [0.15, 0.2) is 5.54 Å². The number of hydrogen-bond donors (Lipinski definition) is 0. The fourth-order valence-electron chi connectivity index (χ4n) is 3.74. The zero-order valence-electron chi connectivity index (χ0n) is 11.6. The predicted molar refractivity (Wildman–Crippen MR) is 65.6 cm³/mol. The van der Waals surface area contributed by atoms with E-state index in [0.717, 1.165) is 13.3 Å². The van der Waals surface area contributed by atoms with Gasteiger partial charge < -0.3 is 0 Å². The van der Waals surface area contributed by atoms with E-state index in [4.69, 9.17) is 0 Å². The number of ketones is 1. The van der Waals surface area contributed by atoms with Crippen molar-refractivity contribution in [3.8, 4) is 0 Å². The Balaban J connectivity index is 3.31. The van der Waals surface area contributed by atoms with Gasteiger partial charge in [0.25, 0.3) is 0 Å². The molecule has 0 radical (unpaired) electrons. The van der Waals surface area contributed by atoms with Gasteiger partial charge in [-0.3, -0.25) is 4.79 Å². The molecule has 1 aliphatic rings. The Morgan fingerprint density at radius 2 is 1.44 bits per heavy atom. The van der Waals surface area contributed by atoms with Crippen LogP contribution >= 0.6 is 0 Å². The molecule has 1 rings (SSSR count). The normalized spacial score (nSPS) is 25.5. The number of alkyl halides is 2. The molecule has 0 aromatic heterocycles. The van der Waals surface area contributed by atoms with Crippen LogP contribution < -0.4 is 0 Å². The van der Waals surface area contributed by atoms with Crippen LogP contribution in [-0.4, -0.2) is 17.2 Å². The van der Waals surface area contributed by atoms with E-state index in [0.29, 0.717) is 0 Å². The molecule has 1 aliphatic carbocycles. The van der Waals surface area contributed by atoms with Gasteiger partial charge in [0.1, 0.15) is 0 Å². The van der Waals surface area contributed by atoms with E-state index in [1.807, 2.05) is 27.7 Å². The molecule has 3 nitrogen and oxygen atoms in total. The van der Waals surface area contributed by atoms with Crippen molar-refractivity contribution in [2.75, 3.05) is 0 Å². The molecule has 0 bridgehead atoms.